The van der Waals surface area contributed by atoms with E-state index in [-0.39, 0.29) is 5.95 Å². The first-order valence-corrected chi connectivity index (χ1v) is 7.97. The predicted molar refractivity (Wildman–Crippen MR) is 100 cm³/mol. The molecule has 0 radical (unpaired) electrons. The third kappa shape index (κ3) is 4.89. The van der Waals surface area contributed by atoms with Crippen LogP contribution in [0.1, 0.15) is 0 Å². The molecule has 3 rings (SSSR count). The fraction of sp³-hybridized carbons (Fsp3) is 0.0556. The number of para-hydroxylation sites is 2. The van der Waals surface area contributed by atoms with E-state index in [0.29, 0.717) is 28.4 Å². The molecular weight excluding hydrogens is 336 g/mol. The summed E-state index contributed by atoms with van der Waals surface area (Å²) in [5.74, 6) is 2.28. The first-order chi connectivity index (χ1) is 12.2. The van der Waals surface area contributed by atoms with Gasteiger partial charge in [-0.2, -0.15) is 9.97 Å². The molecule has 0 atom stereocenters. The number of nitrogens with one attached hydrogen (secondary N) is 2. The largest absolute Gasteiger partial charge is 0.439 e. The first-order valence-electron chi connectivity index (χ1n) is 7.56. The van der Waals surface area contributed by atoms with Gasteiger partial charge in [0.25, 0.3) is 0 Å². The number of aromatic nitrogens is 2. The van der Waals surface area contributed by atoms with E-state index in [1.807, 2.05) is 60.7 Å². The molecule has 0 unspecified atom stereocenters. The third-order valence-corrected chi connectivity index (χ3v) is 3.37. The van der Waals surface area contributed by atoms with Crippen LogP contribution in [0.5, 0.6) is 23.3 Å². The number of hydrogen-bond donors (Lipinski definition) is 2. The Bertz CT molecular complexity index is 784. The van der Waals surface area contributed by atoms with Gasteiger partial charge < -0.3 is 20.1 Å². The second kappa shape index (κ2) is 8.07. The second-order valence-corrected chi connectivity index (χ2v) is 5.31. The van der Waals surface area contributed by atoms with Gasteiger partial charge in [-0.3, -0.25) is 0 Å². The van der Waals surface area contributed by atoms with Crippen molar-refractivity contribution in [1.82, 2.24) is 15.3 Å². The summed E-state index contributed by atoms with van der Waals surface area (Å²) in [6.07, 6.45) is 0. The van der Waals surface area contributed by atoms with Crippen LogP contribution in [0.3, 0.4) is 0 Å². The molecule has 0 aliphatic heterocycles. The summed E-state index contributed by atoms with van der Waals surface area (Å²) in [5, 5.41) is 6.08. The minimum atomic E-state index is 0.277. The summed E-state index contributed by atoms with van der Waals surface area (Å²) in [7, 11) is 1.71. The molecule has 126 valence electrons. The normalized spacial score (nSPS) is 9.96. The van der Waals surface area contributed by atoms with Gasteiger partial charge in [0.05, 0.1) is 6.07 Å². The number of benzene rings is 2. The Balaban J connectivity index is 1.89. The van der Waals surface area contributed by atoms with Crippen LogP contribution in [0.15, 0.2) is 66.7 Å². The van der Waals surface area contributed by atoms with Crippen molar-refractivity contribution in [3.63, 3.8) is 0 Å². The van der Waals surface area contributed by atoms with Crippen LogP contribution in [-0.4, -0.2) is 22.1 Å². The lowest BCUT2D eigenvalue weighted by atomic mass is 10.3. The smallest absolute Gasteiger partial charge is 0.235 e. The summed E-state index contributed by atoms with van der Waals surface area (Å²) in [6, 6.07) is 20.3. The highest BCUT2D eigenvalue weighted by atomic mass is 32.1. The van der Waals surface area contributed by atoms with Gasteiger partial charge in [0.1, 0.15) is 11.5 Å². The summed E-state index contributed by atoms with van der Waals surface area (Å²) in [4.78, 5) is 8.61. The number of thiocarbonyl (C=S) groups is 1. The SMILES string of the molecule is CNC(=S)Nc1nc(Oc2ccccc2)cc(Oc2ccccc2)n1. The van der Waals surface area contributed by atoms with Gasteiger partial charge in [0.15, 0.2) is 5.11 Å². The Kier molecular flexibility index (Phi) is 5.38. The maximum absolute atomic E-state index is 5.78. The van der Waals surface area contributed by atoms with Gasteiger partial charge >= 0.3 is 0 Å². The van der Waals surface area contributed by atoms with Crippen molar-refractivity contribution < 1.29 is 9.47 Å². The lowest BCUT2D eigenvalue weighted by Gasteiger charge is -2.11. The zero-order valence-electron chi connectivity index (χ0n) is 13.5. The lowest BCUT2D eigenvalue weighted by molar-refractivity contribution is 0.435. The molecule has 3 aromatic rings. The average Bonchev–Trinajstić information content (AvgIpc) is 2.63. The Morgan fingerprint density at radius 3 is 1.76 bits per heavy atom. The maximum atomic E-state index is 5.78. The highest BCUT2D eigenvalue weighted by molar-refractivity contribution is 7.80. The lowest BCUT2D eigenvalue weighted by Crippen LogP contribution is -2.25. The van der Waals surface area contributed by atoms with Crippen molar-refractivity contribution in [1.29, 1.82) is 0 Å². The molecule has 0 aliphatic rings. The van der Waals surface area contributed by atoms with E-state index in [1.54, 1.807) is 13.1 Å². The first kappa shape index (κ1) is 16.7. The van der Waals surface area contributed by atoms with Crippen molar-refractivity contribution in [2.45, 2.75) is 0 Å². The number of hydrogen-bond acceptors (Lipinski definition) is 5. The van der Waals surface area contributed by atoms with Crippen LogP contribution >= 0.6 is 12.2 Å². The summed E-state index contributed by atoms with van der Waals surface area (Å²) >= 11 is 5.10. The van der Waals surface area contributed by atoms with Crippen molar-refractivity contribution in [2.24, 2.45) is 0 Å². The molecule has 0 fully saturated rings. The van der Waals surface area contributed by atoms with Gasteiger partial charge in [-0.25, -0.2) is 0 Å². The zero-order valence-corrected chi connectivity index (χ0v) is 14.3. The van der Waals surface area contributed by atoms with Crippen LogP contribution in [-0.2, 0) is 0 Å². The molecule has 2 N–H and O–H groups in total. The molecule has 0 aliphatic carbocycles. The van der Waals surface area contributed by atoms with E-state index in [2.05, 4.69) is 20.6 Å². The highest BCUT2D eigenvalue weighted by Gasteiger charge is 2.10. The number of rotatable bonds is 5. The summed E-state index contributed by atoms with van der Waals surface area (Å²) in [5.41, 5.74) is 0. The van der Waals surface area contributed by atoms with E-state index in [9.17, 15) is 0 Å². The van der Waals surface area contributed by atoms with Crippen molar-refractivity contribution in [2.75, 3.05) is 12.4 Å². The molecule has 2 aromatic carbocycles. The molecule has 6 nitrogen and oxygen atoms in total. The van der Waals surface area contributed by atoms with E-state index in [1.165, 1.54) is 0 Å². The van der Waals surface area contributed by atoms with E-state index >= 15 is 0 Å². The van der Waals surface area contributed by atoms with E-state index in [4.69, 9.17) is 21.7 Å². The van der Waals surface area contributed by atoms with Crippen molar-refractivity contribution >= 4 is 23.3 Å². The second-order valence-electron chi connectivity index (χ2n) is 4.90. The monoisotopic (exact) mass is 352 g/mol. The van der Waals surface area contributed by atoms with Crippen LogP contribution in [0, 0.1) is 0 Å². The Labute approximate surface area is 150 Å². The Morgan fingerprint density at radius 2 is 1.32 bits per heavy atom. The topological polar surface area (TPSA) is 68.3 Å². The molecule has 0 saturated heterocycles. The maximum Gasteiger partial charge on any atom is 0.235 e. The van der Waals surface area contributed by atoms with Crippen LogP contribution in [0.4, 0.5) is 5.95 Å². The van der Waals surface area contributed by atoms with Crippen molar-refractivity contribution in [3.05, 3.63) is 66.7 Å². The highest BCUT2D eigenvalue weighted by Crippen LogP contribution is 2.26. The van der Waals surface area contributed by atoms with E-state index < -0.39 is 0 Å². The van der Waals surface area contributed by atoms with Crippen LogP contribution < -0.4 is 20.1 Å². The fourth-order valence-electron chi connectivity index (χ4n) is 1.95. The fourth-order valence-corrected chi connectivity index (χ4v) is 2.04. The van der Waals surface area contributed by atoms with Crippen LogP contribution in [0.25, 0.3) is 0 Å². The van der Waals surface area contributed by atoms with E-state index in [0.717, 1.165) is 0 Å². The predicted octanol–water partition coefficient (Wildman–Crippen LogP) is 3.98. The molecule has 25 heavy (non-hydrogen) atoms. The molecule has 0 bridgehead atoms. The van der Waals surface area contributed by atoms with Gasteiger partial charge in [-0.1, -0.05) is 36.4 Å². The van der Waals surface area contributed by atoms with Gasteiger partial charge in [-0.05, 0) is 36.5 Å². The number of anilines is 1. The summed E-state index contributed by atoms with van der Waals surface area (Å²) < 4.78 is 11.6. The van der Waals surface area contributed by atoms with Gasteiger partial charge in [0, 0.05) is 7.05 Å². The molecule has 1 heterocycles. The molecule has 0 spiro atoms. The minimum Gasteiger partial charge on any atom is -0.439 e. The van der Waals surface area contributed by atoms with Gasteiger partial charge in [-0.15, -0.1) is 0 Å². The third-order valence-electron chi connectivity index (χ3n) is 3.06. The molecule has 7 heteroatoms. The Morgan fingerprint density at radius 1 is 0.840 bits per heavy atom. The molecular formula is C18H16N4O2S. The number of nitrogens with zero attached hydrogens (tertiary/aromatic N) is 2. The quantitative estimate of drug-likeness (QED) is 0.673. The van der Waals surface area contributed by atoms with Crippen LogP contribution in [0.2, 0.25) is 0 Å². The molecule has 1 aromatic heterocycles. The van der Waals surface area contributed by atoms with Crippen molar-refractivity contribution in [3.8, 4) is 23.3 Å². The van der Waals surface area contributed by atoms with Gasteiger partial charge in [0.2, 0.25) is 17.7 Å². The minimum absolute atomic E-state index is 0.277. The molecule has 0 saturated carbocycles. The standard InChI is InChI=1S/C18H16N4O2S/c1-19-18(25)22-17-20-15(23-13-8-4-2-5-9-13)12-16(21-17)24-14-10-6-3-7-11-14/h2-12H,1H3,(H2,19,20,21,22,25). The average molecular weight is 352 g/mol. The molecule has 0 amide bonds. The Hall–Kier alpha value is -3.19. The summed E-state index contributed by atoms with van der Waals surface area (Å²) in [6.45, 7) is 0. The number of ether oxygens (including phenoxy) is 2. The zero-order chi connectivity index (χ0) is 17.5.